The summed E-state index contributed by atoms with van der Waals surface area (Å²) in [5.41, 5.74) is -0.527. The topological polar surface area (TPSA) is 82.3 Å². The zero-order valence-corrected chi connectivity index (χ0v) is 12.4. The number of rotatable bonds is 3. The van der Waals surface area contributed by atoms with Crippen LogP contribution in [-0.2, 0) is 4.74 Å². The smallest absolute Gasteiger partial charge is 0.348 e. The van der Waals surface area contributed by atoms with Gasteiger partial charge in [-0.05, 0) is 34.4 Å². The van der Waals surface area contributed by atoms with Crippen molar-refractivity contribution in [3.63, 3.8) is 0 Å². The van der Waals surface area contributed by atoms with Crippen molar-refractivity contribution in [2.45, 2.75) is 6.85 Å². The molecule has 0 bridgehead atoms. The summed E-state index contributed by atoms with van der Waals surface area (Å²) in [6.07, 6.45) is 1.36. The van der Waals surface area contributed by atoms with Crippen LogP contribution >= 0.6 is 27.3 Å². The van der Waals surface area contributed by atoms with Crippen molar-refractivity contribution in [3.05, 3.63) is 43.4 Å². The van der Waals surface area contributed by atoms with Crippen LogP contribution in [0.15, 0.2) is 22.8 Å². The van der Waals surface area contributed by atoms with Gasteiger partial charge in [0.15, 0.2) is 5.69 Å². The number of pyridine rings is 1. The van der Waals surface area contributed by atoms with Gasteiger partial charge in [0.25, 0.3) is 5.69 Å². The highest BCUT2D eigenvalue weighted by Gasteiger charge is 2.22. The van der Waals surface area contributed by atoms with Gasteiger partial charge >= 0.3 is 5.97 Å². The maximum absolute atomic E-state index is 11.8. The van der Waals surface area contributed by atoms with Crippen LogP contribution in [0.2, 0.25) is 0 Å². The van der Waals surface area contributed by atoms with Crippen molar-refractivity contribution >= 4 is 38.9 Å². The average Bonchev–Trinajstić information content (AvgIpc) is 2.91. The SMILES string of the molecule is [2H]C([2H])([2H])c1cc(-c2ncc(Br)cc2[N+](=O)[O-])sc1C(=O)OC. The Morgan fingerprint density at radius 2 is 2.35 bits per heavy atom. The van der Waals surface area contributed by atoms with Gasteiger partial charge in [0.1, 0.15) is 4.88 Å². The van der Waals surface area contributed by atoms with Crippen LogP contribution in [0.25, 0.3) is 10.6 Å². The number of hydrogen-bond donors (Lipinski definition) is 0. The number of aryl methyl sites for hydroxylation is 1. The molecule has 0 N–H and O–H groups in total. The molecule has 0 radical (unpaired) electrons. The molecule has 2 aromatic heterocycles. The zero-order chi connectivity index (χ0) is 17.4. The standard InChI is InChI=1S/C12H9BrN2O4S/c1-6-3-9(20-11(6)12(16)19-2)10-8(15(17)18)4-7(13)5-14-10/h3-5H,1-2H3/i1D3. The fourth-order valence-corrected chi connectivity index (χ4v) is 2.82. The van der Waals surface area contributed by atoms with E-state index >= 15 is 0 Å². The Labute approximate surface area is 130 Å². The number of nitrogens with zero attached hydrogens (tertiary/aromatic N) is 2. The third kappa shape index (κ3) is 2.70. The molecule has 0 aromatic carbocycles. The lowest BCUT2D eigenvalue weighted by atomic mass is 10.2. The molecule has 0 unspecified atom stereocenters. The van der Waals surface area contributed by atoms with Crippen molar-refractivity contribution in [1.82, 2.24) is 4.98 Å². The fourth-order valence-electron chi connectivity index (χ4n) is 1.51. The van der Waals surface area contributed by atoms with Gasteiger partial charge in [0, 0.05) is 20.8 Å². The Balaban J connectivity index is 2.69. The molecule has 0 atom stereocenters. The third-order valence-electron chi connectivity index (χ3n) is 2.37. The van der Waals surface area contributed by atoms with Crippen molar-refractivity contribution < 1.29 is 18.6 Å². The van der Waals surface area contributed by atoms with E-state index in [1.165, 1.54) is 18.3 Å². The maximum Gasteiger partial charge on any atom is 0.348 e. The number of methoxy groups -OCH3 is 1. The number of aromatic nitrogens is 1. The summed E-state index contributed by atoms with van der Waals surface area (Å²) in [4.78, 5) is 26.4. The molecule has 2 aromatic rings. The van der Waals surface area contributed by atoms with Crippen molar-refractivity contribution in [1.29, 1.82) is 0 Å². The van der Waals surface area contributed by atoms with E-state index in [9.17, 15) is 14.9 Å². The first-order valence-corrected chi connectivity index (χ1v) is 6.79. The minimum atomic E-state index is -2.55. The minimum Gasteiger partial charge on any atom is -0.465 e. The van der Waals surface area contributed by atoms with Gasteiger partial charge in [0.05, 0.1) is 16.9 Å². The monoisotopic (exact) mass is 359 g/mol. The first-order chi connectivity index (χ1) is 10.6. The molecule has 20 heavy (non-hydrogen) atoms. The lowest BCUT2D eigenvalue weighted by Gasteiger charge is -1.99. The van der Waals surface area contributed by atoms with E-state index < -0.39 is 17.7 Å². The minimum absolute atomic E-state index is 0.0103. The Hall–Kier alpha value is -1.80. The molecule has 0 saturated carbocycles. The third-order valence-corrected chi connectivity index (χ3v) is 3.92. The Kier molecular flexibility index (Phi) is 3.10. The Morgan fingerprint density at radius 1 is 1.60 bits per heavy atom. The summed E-state index contributed by atoms with van der Waals surface area (Å²) in [6.45, 7) is -2.55. The second-order valence-corrected chi connectivity index (χ2v) is 5.59. The van der Waals surface area contributed by atoms with Crippen LogP contribution < -0.4 is 0 Å². The van der Waals surface area contributed by atoms with Crippen LogP contribution in [0, 0.1) is 17.0 Å². The number of esters is 1. The number of carbonyl (C=O) groups excluding carboxylic acids is 1. The number of hydrogen-bond acceptors (Lipinski definition) is 6. The zero-order valence-electron chi connectivity index (χ0n) is 13.0. The molecule has 2 heterocycles. The van der Waals surface area contributed by atoms with Crippen LogP contribution in [-0.4, -0.2) is 23.0 Å². The van der Waals surface area contributed by atoms with E-state index in [1.807, 2.05) is 0 Å². The van der Waals surface area contributed by atoms with E-state index in [1.54, 1.807) is 0 Å². The number of halogens is 1. The van der Waals surface area contributed by atoms with Gasteiger partial charge in [-0.3, -0.25) is 10.1 Å². The van der Waals surface area contributed by atoms with Gasteiger partial charge in [-0.2, -0.15) is 0 Å². The number of ether oxygens (including phenoxy) is 1. The summed E-state index contributed by atoms with van der Waals surface area (Å²) in [5.74, 6) is -0.813. The van der Waals surface area contributed by atoms with Crippen molar-refractivity contribution in [2.24, 2.45) is 0 Å². The predicted octanol–water partition coefficient (Wildman–Crippen LogP) is 3.58. The first-order valence-electron chi connectivity index (χ1n) is 6.68. The lowest BCUT2D eigenvalue weighted by Crippen LogP contribution is -1.99. The molecule has 0 aliphatic carbocycles. The molecule has 0 amide bonds. The first kappa shape index (κ1) is 10.9. The molecule has 0 spiro atoms. The summed E-state index contributed by atoms with van der Waals surface area (Å²) >= 11 is 3.89. The quantitative estimate of drug-likeness (QED) is 0.475. The molecular formula is C12H9BrN2O4S. The molecule has 8 heteroatoms. The summed E-state index contributed by atoms with van der Waals surface area (Å²) in [7, 11) is 1.13. The van der Waals surface area contributed by atoms with E-state index in [4.69, 9.17) is 4.11 Å². The maximum atomic E-state index is 11.8. The van der Waals surface area contributed by atoms with Crippen LogP contribution in [0.3, 0.4) is 0 Å². The van der Waals surface area contributed by atoms with E-state index in [-0.39, 0.29) is 26.7 Å². The highest BCUT2D eigenvalue weighted by Crippen LogP contribution is 2.36. The Bertz CT molecular complexity index is 791. The summed E-state index contributed by atoms with van der Waals surface area (Å²) in [5, 5.41) is 11.2. The highest BCUT2D eigenvalue weighted by molar-refractivity contribution is 9.10. The fraction of sp³-hybridized carbons (Fsp3) is 0.167. The molecule has 0 aliphatic rings. The molecule has 2 rings (SSSR count). The summed E-state index contributed by atoms with van der Waals surface area (Å²) < 4.78 is 27.5. The van der Waals surface area contributed by atoms with Crippen molar-refractivity contribution in [3.8, 4) is 10.6 Å². The normalized spacial score (nSPS) is 13.2. The van der Waals surface area contributed by atoms with Crippen LogP contribution in [0.4, 0.5) is 5.69 Å². The lowest BCUT2D eigenvalue weighted by molar-refractivity contribution is -0.384. The van der Waals surface area contributed by atoms with Gasteiger partial charge in [-0.15, -0.1) is 11.3 Å². The molecule has 0 saturated heterocycles. The largest absolute Gasteiger partial charge is 0.465 e. The second-order valence-electron chi connectivity index (χ2n) is 3.62. The average molecular weight is 360 g/mol. The van der Waals surface area contributed by atoms with Crippen LogP contribution in [0.5, 0.6) is 0 Å². The number of nitro groups is 1. The molecular weight excluding hydrogens is 348 g/mol. The van der Waals surface area contributed by atoms with Crippen molar-refractivity contribution in [2.75, 3.05) is 7.11 Å². The van der Waals surface area contributed by atoms with Gasteiger partial charge in [-0.1, -0.05) is 0 Å². The van der Waals surface area contributed by atoms with Gasteiger partial charge in [-0.25, -0.2) is 9.78 Å². The van der Waals surface area contributed by atoms with Gasteiger partial charge < -0.3 is 4.74 Å². The van der Waals surface area contributed by atoms with E-state index in [2.05, 4.69) is 25.7 Å². The second kappa shape index (κ2) is 5.68. The Morgan fingerprint density at radius 3 is 2.95 bits per heavy atom. The van der Waals surface area contributed by atoms with E-state index in [0.29, 0.717) is 4.47 Å². The summed E-state index contributed by atoms with van der Waals surface area (Å²) in [6, 6.07) is 2.47. The number of carbonyl (C=O) groups is 1. The van der Waals surface area contributed by atoms with E-state index in [0.717, 1.165) is 18.4 Å². The molecule has 0 fully saturated rings. The van der Waals surface area contributed by atoms with Crippen LogP contribution in [0.1, 0.15) is 19.3 Å². The number of thiophene rings is 1. The highest BCUT2D eigenvalue weighted by atomic mass is 79.9. The predicted molar refractivity (Wildman–Crippen MR) is 78.0 cm³/mol. The molecule has 0 aliphatic heterocycles. The van der Waals surface area contributed by atoms with Gasteiger partial charge in [0.2, 0.25) is 0 Å². The molecule has 6 nitrogen and oxygen atoms in total. The molecule has 104 valence electrons.